The van der Waals surface area contributed by atoms with Gasteiger partial charge < -0.3 is 31.1 Å². The SMILES string of the molecule is CCOCC.Cc1ccc(NC(=O)N2CC[C@@H](CC(F)(F)F)C2)cc1-c1cc(N)nc(NC2(C)CC(O)C2)c1. The van der Waals surface area contributed by atoms with Gasteiger partial charge in [-0.1, -0.05) is 6.07 Å². The van der Waals surface area contributed by atoms with Crippen LogP contribution in [0.2, 0.25) is 0 Å². The average Bonchev–Trinajstić information content (AvgIpc) is 3.27. The number of hydrogen-bond acceptors (Lipinski definition) is 6. The number of alkyl halides is 3. The Bertz CT molecular complexity index is 1120. The molecule has 1 atom stereocenters. The monoisotopic (exact) mass is 551 g/mol. The summed E-state index contributed by atoms with van der Waals surface area (Å²) in [6, 6.07) is 8.67. The summed E-state index contributed by atoms with van der Waals surface area (Å²) in [4.78, 5) is 18.5. The van der Waals surface area contributed by atoms with E-state index in [1.165, 1.54) is 4.90 Å². The second kappa shape index (κ2) is 12.9. The fourth-order valence-electron chi connectivity index (χ4n) is 5.09. The molecule has 0 radical (unpaired) electrons. The summed E-state index contributed by atoms with van der Waals surface area (Å²) in [7, 11) is 0. The van der Waals surface area contributed by atoms with Crippen LogP contribution in [0.5, 0.6) is 0 Å². The Morgan fingerprint density at radius 3 is 2.51 bits per heavy atom. The number of pyridine rings is 1. The number of rotatable bonds is 7. The smallest absolute Gasteiger partial charge is 0.389 e. The summed E-state index contributed by atoms with van der Waals surface area (Å²) in [5, 5.41) is 15.8. The minimum absolute atomic E-state index is 0.0907. The number of urea groups is 1. The molecule has 1 saturated carbocycles. The summed E-state index contributed by atoms with van der Waals surface area (Å²) >= 11 is 0. The Kier molecular flexibility index (Phi) is 10.1. The molecule has 2 fully saturated rings. The van der Waals surface area contributed by atoms with Gasteiger partial charge in [0.2, 0.25) is 0 Å². The van der Waals surface area contributed by atoms with Gasteiger partial charge in [-0.15, -0.1) is 0 Å². The number of nitrogens with two attached hydrogens (primary N) is 1. The van der Waals surface area contributed by atoms with E-state index < -0.39 is 24.5 Å². The Hall–Kier alpha value is -3.05. The number of ether oxygens (including phenoxy) is 1. The standard InChI is InChI=1S/C24H30F3N5O2.C4H10O/c1-14-3-4-17(29-22(34)32-6-5-15(13-32)10-24(25,26)27)9-19(14)16-7-20(28)30-21(8-16)31-23(2)11-18(33)12-23;1-3-5-4-2/h3-4,7-9,15,18,33H,5-6,10-13H2,1-2H3,(H,29,34)(H3,28,30,31);3-4H2,1-2H3/t15-,18?,23?;/m0./s1. The minimum Gasteiger partial charge on any atom is -0.393 e. The molecule has 0 spiro atoms. The van der Waals surface area contributed by atoms with Crippen LogP contribution in [0.15, 0.2) is 30.3 Å². The molecule has 216 valence electrons. The van der Waals surface area contributed by atoms with Crippen molar-refractivity contribution in [3.05, 3.63) is 35.9 Å². The molecule has 39 heavy (non-hydrogen) atoms. The molecule has 1 aromatic carbocycles. The number of likely N-dealkylation sites (tertiary alicyclic amines) is 1. The van der Waals surface area contributed by atoms with Gasteiger partial charge in [-0.3, -0.25) is 0 Å². The lowest BCUT2D eigenvalue weighted by molar-refractivity contribution is -0.143. The van der Waals surface area contributed by atoms with Crippen molar-refractivity contribution in [2.24, 2.45) is 5.92 Å². The van der Waals surface area contributed by atoms with E-state index in [1.807, 2.05) is 45.9 Å². The molecule has 11 heteroatoms. The zero-order valence-corrected chi connectivity index (χ0v) is 23.1. The summed E-state index contributed by atoms with van der Waals surface area (Å²) in [6.07, 6.45) is -3.82. The van der Waals surface area contributed by atoms with Crippen LogP contribution >= 0.6 is 0 Å². The Morgan fingerprint density at radius 1 is 1.23 bits per heavy atom. The molecule has 2 heterocycles. The number of anilines is 3. The van der Waals surface area contributed by atoms with Crippen LogP contribution in [0.3, 0.4) is 0 Å². The third-order valence-corrected chi connectivity index (χ3v) is 6.95. The lowest BCUT2D eigenvalue weighted by Gasteiger charge is -2.43. The van der Waals surface area contributed by atoms with E-state index in [2.05, 4.69) is 15.6 Å². The zero-order valence-electron chi connectivity index (χ0n) is 23.1. The highest BCUT2D eigenvalue weighted by Gasteiger charge is 2.39. The van der Waals surface area contributed by atoms with Crippen molar-refractivity contribution < 1.29 is 27.8 Å². The molecule has 0 bridgehead atoms. The highest BCUT2D eigenvalue weighted by Crippen LogP contribution is 2.37. The first kappa shape index (κ1) is 30.5. The number of amides is 2. The number of aryl methyl sites for hydroxylation is 1. The first-order valence-electron chi connectivity index (χ1n) is 13.4. The number of halogens is 3. The maximum atomic E-state index is 12.7. The number of benzene rings is 1. The number of nitrogens with one attached hydrogen (secondary N) is 2. The van der Waals surface area contributed by atoms with Crippen molar-refractivity contribution in [1.29, 1.82) is 0 Å². The van der Waals surface area contributed by atoms with E-state index in [0.717, 1.165) is 29.9 Å². The van der Waals surface area contributed by atoms with Gasteiger partial charge in [-0.2, -0.15) is 13.2 Å². The summed E-state index contributed by atoms with van der Waals surface area (Å²) in [5.74, 6) is 0.375. The fourth-order valence-corrected chi connectivity index (χ4v) is 5.09. The van der Waals surface area contributed by atoms with Crippen LogP contribution in [-0.2, 0) is 4.74 Å². The molecule has 5 N–H and O–H groups in total. The number of aliphatic hydroxyl groups excluding tert-OH is 1. The van der Waals surface area contributed by atoms with Crippen LogP contribution in [0.25, 0.3) is 11.1 Å². The molecule has 0 unspecified atom stereocenters. The molecule has 1 saturated heterocycles. The van der Waals surface area contributed by atoms with Gasteiger partial charge in [0.15, 0.2) is 0 Å². The number of carbonyl (C=O) groups is 1. The molecule has 1 aliphatic heterocycles. The normalized spacial score (nSPS) is 22.5. The van der Waals surface area contributed by atoms with Crippen molar-refractivity contribution in [3.63, 3.8) is 0 Å². The topological polar surface area (TPSA) is 113 Å². The van der Waals surface area contributed by atoms with Crippen molar-refractivity contribution in [1.82, 2.24) is 9.88 Å². The molecule has 2 aromatic rings. The predicted molar refractivity (Wildman–Crippen MR) is 148 cm³/mol. The number of aliphatic hydroxyl groups is 1. The van der Waals surface area contributed by atoms with Gasteiger partial charge in [0, 0.05) is 44.0 Å². The van der Waals surface area contributed by atoms with E-state index >= 15 is 0 Å². The molecule has 4 rings (SSSR count). The van der Waals surface area contributed by atoms with Crippen molar-refractivity contribution in [2.45, 2.75) is 71.2 Å². The molecular weight excluding hydrogens is 511 g/mol. The summed E-state index contributed by atoms with van der Waals surface area (Å²) in [6.45, 7) is 10.0. The second-order valence-corrected chi connectivity index (χ2v) is 10.6. The van der Waals surface area contributed by atoms with Gasteiger partial charge in [-0.25, -0.2) is 9.78 Å². The predicted octanol–water partition coefficient (Wildman–Crippen LogP) is 5.81. The molecular formula is C28H40F3N5O3. The number of carbonyl (C=O) groups excluding carboxylic acids is 1. The van der Waals surface area contributed by atoms with Gasteiger partial charge in [0.25, 0.3) is 0 Å². The minimum atomic E-state index is -4.22. The highest BCUT2D eigenvalue weighted by molar-refractivity contribution is 5.91. The Balaban J connectivity index is 0.000000771. The Morgan fingerprint density at radius 2 is 1.92 bits per heavy atom. The molecule has 2 amide bonds. The quantitative estimate of drug-likeness (QED) is 0.345. The number of hydrogen-bond donors (Lipinski definition) is 4. The van der Waals surface area contributed by atoms with Gasteiger partial charge in [-0.05, 0) is 93.8 Å². The van der Waals surface area contributed by atoms with E-state index in [4.69, 9.17) is 10.5 Å². The van der Waals surface area contributed by atoms with E-state index in [9.17, 15) is 23.1 Å². The molecule has 8 nitrogen and oxygen atoms in total. The van der Waals surface area contributed by atoms with Gasteiger partial charge in [0.05, 0.1) is 6.10 Å². The van der Waals surface area contributed by atoms with Crippen molar-refractivity contribution >= 4 is 23.4 Å². The zero-order chi connectivity index (χ0) is 28.8. The van der Waals surface area contributed by atoms with E-state index in [1.54, 1.807) is 12.1 Å². The summed E-state index contributed by atoms with van der Waals surface area (Å²) < 4.78 is 42.8. The van der Waals surface area contributed by atoms with Crippen molar-refractivity contribution in [2.75, 3.05) is 42.7 Å². The maximum Gasteiger partial charge on any atom is 0.389 e. The maximum absolute atomic E-state index is 12.7. The van der Waals surface area contributed by atoms with Crippen molar-refractivity contribution in [3.8, 4) is 11.1 Å². The van der Waals surface area contributed by atoms with Crippen LogP contribution < -0.4 is 16.4 Å². The van der Waals surface area contributed by atoms with Gasteiger partial charge >= 0.3 is 12.2 Å². The number of aromatic nitrogens is 1. The first-order chi connectivity index (χ1) is 18.3. The van der Waals surface area contributed by atoms with Crippen LogP contribution in [0, 0.1) is 12.8 Å². The van der Waals surface area contributed by atoms with Crippen LogP contribution in [0.4, 0.5) is 35.3 Å². The van der Waals surface area contributed by atoms with E-state index in [0.29, 0.717) is 43.1 Å². The lowest BCUT2D eigenvalue weighted by atomic mass is 9.76. The average molecular weight is 552 g/mol. The third-order valence-electron chi connectivity index (χ3n) is 6.95. The van der Waals surface area contributed by atoms with Gasteiger partial charge in [0.1, 0.15) is 11.6 Å². The summed E-state index contributed by atoms with van der Waals surface area (Å²) in [5.41, 5.74) is 8.99. The Labute approximate surface area is 228 Å². The van der Waals surface area contributed by atoms with Crippen LogP contribution in [-0.4, -0.2) is 65.1 Å². The lowest BCUT2D eigenvalue weighted by Crippen LogP contribution is -2.50. The second-order valence-electron chi connectivity index (χ2n) is 10.6. The van der Waals surface area contributed by atoms with Crippen LogP contribution in [0.1, 0.15) is 52.0 Å². The number of nitrogens with zero attached hydrogens (tertiary/aromatic N) is 2. The molecule has 1 aliphatic carbocycles. The third kappa shape index (κ3) is 8.99. The fraction of sp³-hybridized carbons (Fsp3) is 0.571. The molecule has 1 aromatic heterocycles. The largest absolute Gasteiger partial charge is 0.393 e. The molecule has 2 aliphatic rings. The first-order valence-corrected chi connectivity index (χ1v) is 13.4. The number of nitrogen functional groups attached to an aromatic ring is 1. The van der Waals surface area contributed by atoms with E-state index in [-0.39, 0.29) is 18.2 Å². The highest BCUT2D eigenvalue weighted by atomic mass is 19.4.